The molecule has 1 aliphatic heterocycles. The maximum Gasteiger partial charge on any atom is 0.325 e. The van der Waals surface area contributed by atoms with Crippen molar-refractivity contribution in [3.63, 3.8) is 0 Å². The van der Waals surface area contributed by atoms with E-state index >= 15 is 0 Å². The van der Waals surface area contributed by atoms with Gasteiger partial charge in [0.25, 0.3) is 5.91 Å². The summed E-state index contributed by atoms with van der Waals surface area (Å²) in [6, 6.07) is 13.1. The van der Waals surface area contributed by atoms with Gasteiger partial charge in [0, 0.05) is 11.1 Å². The first-order chi connectivity index (χ1) is 13.9. The smallest absolute Gasteiger partial charge is 0.325 e. The number of benzene rings is 2. The summed E-state index contributed by atoms with van der Waals surface area (Å²) in [6.45, 7) is 5.82. The molecule has 2 aromatic carbocycles. The molecular weight excluding hydrogens is 372 g/mol. The molecule has 1 heterocycles. The summed E-state index contributed by atoms with van der Waals surface area (Å²) in [5.41, 5.74) is -0.445. The molecule has 7 nitrogen and oxygen atoms in total. The summed E-state index contributed by atoms with van der Waals surface area (Å²) in [4.78, 5) is 39.3. The Morgan fingerprint density at radius 3 is 2.38 bits per heavy atom. The molecule has 0 saturated carbocycles. The number of Topliss-reactive ketones (excluding diaryl/α,β-unsaturated/α-hetero) is 1. The van der Waals surface area contributed by atoms with Crippen LogP contribution in [0.4, 0.5) is 4.79 Å². The SMILES string of the molecule is CCOc1ccc(OCC)c(C2(C)NC(=O)N(CC(=O)c3ccccc3)C2=O)c1. The zero-order valence-corrected chi connectivity index (χ0v) is 16.7. The maximum atomic E-state index is 13.2. The molecule has 3 amide bonds. The fourth-order valence-corrected chi connectivity index (χ4v) is 3.32. The van der Waals surface area contributed by atoms with Crippen LogP contribution in [-0.2, 0) is 10.3 Å². The third kappa shape index (κ3) is 3.94. The third-order valence-electron chi connectivity index (χ3n) is 4.77. The van der Waals surface area contributed by atoms with Gasteiger partial charge in [-0.2, -0.15) is 0 Å². The Hall–Kier alpha value is -3.35. The summed E-state index contributed by atoms with van der Waals surface area (Å²) >= 11 is 0. The number of nitrogens with one attached hydrogen (secondary N) is 1. The lowest BCUT2D eigenvalue weighted by atomic mass is 9.90. The van der Waals surface area contributed by atoms with Crippen LogP contribution in [0, 0.1) is 0 Å². The molecule has 0 bridgehead atoms. The molecule has 1 N–H and O–H groups in total. The first-order valence-corrected chi connectivity index (χ1v) is 9.53. The van der Waals surface area contributed by atoms with Crippen LogP contribution in [0.15, 0.2) is 48.5 Å². The molecule has 0 spiro atoms. The van der Waals surface area contributed by atoms with Gasteiger partial charge in [-0.3, -0.25) is 14.5 Å². The van der Waals surface area contributed by atoms with E-state index in [1.165, 1.54) is 0 Å². The average molecular weight is 396 g/mol. The Bertz CT molecular complexity index is 928. The van der Waals surface area contributed by atoms with Gasteiger partial charge in [-0.1, -0.05) is 30.3 Å². The summed E-state index contributed by atoms with van der Waals surface area (Å²) in [7, 11) is 0. The number of carbonyl (C=O) groups is 3. The molecule has 1 atom stereocenters. The fraction of sp³-hybridized carbons (Fsp3) is 0.318. The third-order valence-corrected chi connectivity index (χ3v) is 4.77. The molecule has 152 valence electrons. The molecule has 1 saturated heterocycles. The highest BCUT2D eigenvalue weighted by Gasteiger charge is 2.51. The monoisotopic (exact) mass is 396 g/mol. The molecule has 0 aliphatic carbocycles. The number of rotatable bonds is 8. The Balaban J connectivity index is 1.92. The second-order valence-electron chi connectivity index (χ2n) is 6.76. The van der Waals surface area contributed by atoms with Crippen molar-refractivity contribution in [1.82, 2.24) is 10.2 Å². The minimum Gasteiger partial charge on any atom is -0.494 e. The molecular formula is C22H24N2O5. The van der Waals surface area contributed by atoms with Crippen molar-refractivity contribution in [3.8, 4) is 11.5 Å². The van der Waals surface area contributed by atoms with Crippen molar-refractivity contribution in [2.45, 2.75) is 26.3 Å². The van der Waals surface area contributed by atoms with Crippen molar-refractivity contribution in [3.05, 3.63) is 59.7 Å². The summed E-state index contributed by atoms with van der Waals surface area (Å²) in [5, 5.41) is 2.72. The van der Waals surface area contributed by atoms with Crippen molar-refractivity contribution in [1.29, 1.82) is 0 Å². The van der Waals surface area contributed by atoms with Gasteiger partial charge in [0.15, 0.2) is 5.78 Å². The highest BCUT2D eigenvalue weighted by atomic mass is 16.5. The van der Waals surface area contributed by atoms with E-state index in [4.69, 9.17) is 9.47 Å². The van der Waals surface area contributed by atoms with E-state index in [1.807, 2.05) is 13.8 Å². The highest BCUT2D eigenvalue weighted by Crippen LogP contribution is 2.37. The van der Waals surface area contributed by atoms with Crippen LogP contribution in [0.1, 0.15) is 36.7 Å². The van der Waals surface area contributed by atoms with Gasteiger partial charge >= 0.3 is 6.03 Å². The normalized spacial score (nSPS) is 18.5. The van der Waals surface area contributed by atoms with Crippen LogP contribution in [0.5, 0.6) is 11.5 Å². The zero-order chi connectivity index (χ0) is 21.0. The Morgan fingerprint density at radius 2 is 1.72 bits per heavy atom. The van der Waals surface area contributed by atoms with Crippen LogP contribution < -0.4 is 14.8 Å². The van der Waals surface area contributed by atoms with Gasteiger partial charge in [0.1, 0.15) is 17.0 Å². The number of ketones is 1. The molecule has 1 aliphatic rings. The van der Waals surface area contributed by atoms with E-state index in [9.17, 15) is 14.4 Å². The number of imide groups is 1. The predicted octanol–water partition coefficient (Wildman–Crippen LogP) is 3.13. The number of ether oxygens (including phenoxy) is 2. The lowest BCUT2D eigenvalue weighted by Gasteiger charge is -2.25. The highest BCUT2D eigenvalue weighted by molar-refractivity contribution is 6.11. The Morgan fingerprint density at radius 1 is 1.03 bits per heavy atom. The first kappa shape index (κ1) is 20.4. The summed E-state index contributed by atoms with van der Waals surface area (Å²) < 4.78 is 11.2. The largest absolute Gasteiger partial charge is 0.494 e. The Kier molecular flexibility index (Phi) is 5.87. The molecule has 0 radical (unpaired) electrons. The molecule has 3 rings (SSSR count). The quantitative estimate of drug-likeness (QED) is 0.547. The fourth-order valence-electron chi connectivity index (χ4n) is 3.32. The van der Waals surface area contributed by atoms with Gasteiger partial charge in [-0.25, -0.2) is 4.79 Å². The molecule has 1 fully saturated rings. The van der Waals surface area contributed by atoms with E-state index in [1.54, 1.807) is 55.5 Å². The van der Waals surface area contributed by atoms with E-state index < -0.39 is 17.5 Å². The summed E-state index contributed by atoms with van der Waals surface area (Å²) in [6.07, 6.45) is 0. The van der Waals surface area contributed by atoms with Crippen LogP contribution >= 0.6 is 0 Å². The van der Waals surface area contributed by atoms with Gasteiger partial charge in [-0.05, 0) is 39.0 Å². The van der Waals surface area contributed by atoms with Crippen molar-refractivity contribution in [2.24, 2.45) is 0 Å². The van der Waals surface area contributed by atoms with Crippen LogP contribution in [0.2, 0.25) is 0 Å². The molecule has 0 aromatic heterocycles. The van der Waals surface area contributed by atoms with Crippen molar-refractivity contribution < 1.29 is 23.9 Å². The van der Waals surface area contributed by atoms with E-state index in [0.717, 1.165) is 4.90 Å². The van der Waals surface area contributed by atoms with E-state index in [2.05, 4.69) is 5.32 Å². The average Bonchev–Trinajstić information content (AvgIpc) is 2.94. The van der Waals surface area contributed by atoms with Gasteiger partial charge in [-0.15, -0.1) is 0 Å². The minimum absolute atomic E-state index is 0.313. The van der Waals surface area contributed by atoms with Crippen LogP contribution in [-0.4, -0.2) is 42.4 Å². The number of urea groups is 1. The van der Waals surface area contributed by atoms with Crippen molar-refractivity contribution >= 4 is 17.7 Å². The lowest BCUT2D eigenvalue weighted by Crippen LogP contribution is -2.42. The number of carbonyl (C=O) groups excluding carboxylic acids is 3. The Labute approximate surface area is 169 Å². The zero-order valence-electron chi connectivity index (χ0n) is 16.7. The second-order valence-corrected chi connectivity index (χ2v) is 6.76. The van der Waals surface area contributed by atoms with E-state index in [0.29, 0.717) is 35.8 Å². The molecule has 2 aromatic rings. The number of nitrogens with zero attached hydrogens (tertiary/aromatic N) is 1. The van der Waals surface area contributed by atoms with Crippen LogP contribution in [0.25, 0.3) is 0 Å². The standard InChI is InChI=1S/C22H24N2O5/c1-4-28-16-11-12-19(29-5-2)17(13-16)22(3)20(26)24(21(27)23-22)14-18(25)15-9-7-6-8-10-15/h6-13H,4-5,14H2,1-3H3,(H,23,27). The minimum atomic E-state index is -1.37. The van der Waals surface area contributed by atoms with Gasteiger partial charge in [0.2, 0.25) is 0 Å². The number of amides is 3. The van der Waals surface area contributed by atoms with Crippen LogP contribution in [0.3, 0.4) is 0 Å². The lowest BCUT2D eigenvalue weighted by molar-refractivity contribution is -0.130. The topological polar surface area (TPSA) is 84.9 Å². The second kappa shape index (κ2) is 8.34. The maximum absolute atomic E-state index is 13.2. The molecule has 7 heteroatoms. The number of hydrogen-bond acceptors (Lipinski definition) is 5. The predicted molar refractivity (Wildman–Crippen MR) is 107 cm³/mol. The first-order valence-electron chi connectivity index (χ1n) is 9.53. The molecule has 29 heavy (non-hydrogen) atoms. The van der Waals surface area contributed by atoms with Gasteiger partial charge in [0.05, 0.1) is 19.8 Å². The van der Waals surface area contributed by atoms with Gasteiger partial charge < -0.3 is 14.8 Å². The van der Waals surface area contributed by atoms with E-state index in [-0.39, 0.29) is 12.3 Å². The van der Waals surface area contributed by atoms with Crippen molar-refractivity contribution in [2.75, 3.05) is 19.8 Å². The number of hydrogen-bond donors (Lipinski definition) is 1. The summed E-state index contributed by atoms with van der Waals surface area (Å²) in [5.74, 6) is 0.212. The molecule has 1 unspecified atom stereocenters.